The zero-order valence-electron chi connectivity index (χ0n) is 16.6. The van der Waals surface area contributed by atoms with Crippen LogP contribution in [0.15, 0.2) is 18.7 Å². The molecule has 2 aromatic heterocycles. The van der Waals surface area contributed by atoms with Crippen LogP contribution in [0.5, 0.6) is 0 Å². The highest BCUT2D eigenvalue weighted by Gasteiger charge is 2.29. The van der Waals surface area contributed by atoms with Gasteiger partial charge >= 0.3 is 0 Å². The molecule has 0 aromatic carbocycles. The van der Waals surface area contributed by atoms with E-state index < -0.39 is 0 Å². The van der Waals surface area contributed by atoms with Crippen LogP contribution in [0, 0.1) is 18.3 Å². The van der Waals surface area contributed by atoms with E-state index in [9.17, 15) is 4.79 Å². The molecule has 0 saturated carbocycles. The monoisotopic (exact) mass is 382 g/mol. The molecule has 1 saturated heterocycles. The molecule has 9 heteroatoms. The molecule has 2 aromatic rings. The van der Waals surface area contributed by atoms with Crippen molar-refractivity contribution < 1.29 is 4.79 Å². The molecular weight excluding hydrogens is 356 g/mol. The lowest BCUT2D eigenvalue weighted by molar-refractivity contribution is -0.130. The molecule has 28 heavy (non-hydrogen) atoms. The lowest BCUT2D eigenvalue weighted by Gasteiger charge is -2.28. The van der Waals surface area contributed by atoms with Gasteiger partial charge in [0, 0.05) is 24.8 Å². The summed E-state index contributed by atoms with van der Waals surface area (Å²) in [6.45, 7) is 7.54. The summed E-state index contributed by atoms with van der Waals surface area (Å²) >= 11 is 0. The maximum absolute atomic E-state index is 12.4. The minimum absolute atomic E-state index is 0.0156. The summed E-state index contributed by atoms with van der Waals surface area (Å²) < 4.78 is 1.77. The maximum atomic E-state index is 12.4. The molecule has 1 atom stereocenters. The topological polar surface area (TPSA) is 113 Å². The number of nitrogens with zero attached hydrogens (tertiary/aromatic N) is 7. The van der Waals surface area contributed by atoms with Gasteiger partial charge in [0.25, 0.3) is 0 Å². The molecule has 0 radical (unpaired) electrons. The Labute approximate surface area is 164 Å². The fraction of sp³-hybridized carbons (Fsp3) is 0.579. The summed E-state index contributed by atoms with van der Waals surface area (Å²) in [5, 5.41) is 16.9. The van der Waals surface area contributed by atoms with Crippen molar-refractivity contribution in [1.29, 1.82) is 5.26 Å². The minimum atomic E-state index is -0.282. The van der Waals surface area contributed by atoms with Crippen molar-refractivity contribution in [1.82, 2.24) is 34.9 Å². The average Bonchev–Trinajstić information content (AvgIpc) is 3.34. The molecule has 9 nitrogen and oxygen atoms in total. The molecule has 1 fully saturated rings. The highest BCUT2D eigenvalue weighted by molar-refractivity contribution is 5.79. The van der Waals surface area contributed by atoms with Crippen LogP contribution in [0.3, 0.4) is 0 Å². The van der Waals surface area contributed by atoms with Gasteiger partial charge in [-0.3, -0.25) is 14.5 Å². The van der Waals surface area contributed by atoms with Crippen LogP contribution in [-0.2, 0) is 11.3 Å². The fourth-order valence-corrected chi connectivity index (χ4v) is 3.13. The molecular formula is C19H26N8O. The van der Waals surface area contributed by atoms with Crippen molar-refractivity contribution >= 4 is 5.91 Å². The van der Waals surface area contributed by atoms with Gasteiger partial charge in [0.05, 0.1) is 24.5 Å². The van der Waals surface area contributed by atoms with Crippen molar-refractivity contribution in [3.63, 3.8) is 0 Å². The first-order chi connectivity index (χ1) is 13.4. The van der Waals surface area contributed by atoms with E-state index in [0.29, 0.717) is 24.6 Å². The molecule has 148 valence electrons. The number of amides is 1. The zero-order valence-corrected chi connectivity index (χ0v) is 16.6. The van der Waals surface area contributed by atoms with Gasteiger partial charge in [0.1, 0.15) is 18.1 Å². The number of hydrogen-bond donors (Lipinski definition) is 1. The number of nitrogens with one attached hydrogen (secondary N) is 1. The number of aromatic nitrogens is 5. The highest BCUT2D eigenvalue weighted by atomic mass is 16.2. The Balaban J connectivity index is 1.50. The Morgan fingerprint density at radius 1 is 1.36 bits per heavy atom. The highest BCUT2D eigenvalue weighted by Crippen LogP contribution is 2.17. The molecule has 1 amide bonds. The van der Waals surface area contributed by atoms with Crippen LogP contribution in [0.4, 0.5) is 0 Å². The van der Waals surface area contributed by atoms with Crippen LogP contribution in [0.2, 0.25) is 0 Å². The number of aryl methyl sites for hydroxylation is 2. The Morgan fingerprint density at radius 3 is 2.89 bits per heavy atom. The van der Waals surface area contributed by atoms with Crippen molar-refractivity contribution in [3.8, 4) is 17.6 Å². The third-order valence-electron chi connectivity index (χ3n) is 4.95. The normalized spacial score (nSPS) is 16.9. The lowest BCUT2D eigenvalue weighted by atomic mass is 10.0. The number of carbonyl (C=O) groups excluding carboxylic acids is 1. The molecule has 1 aliphatic rings. The van der Waals surface area contributed by atoms with E-state index in [1.54, 1.807) is 28.3 Å². The Morgan fingerprint density at radius 2 is 2.18 bits per heavy atom. The third kappa shape index (κ3) is 4.89. The Kier molecular flexibility index (Phi) is 5.99. The number of nitriles is 1. The summed E-state index contributed by atoms with van der Waals surface area (Å²) in [5.74, 6) is 0.531. The van der Waals surface area contributed by atoms with Crippen LogP contribution in [0.1, 0.15) is 38.8 Å². The van der Waals surface area contributed by atoms with E-state index in [0.717, 1.165) is 25.0 Å². The zero-order chi connectivity index (χ0) is 20.1. The molecule has 0 bridgehead atoms. The molecule has 3 rings (SSSR count). The molecule has 1 aliphatic heterocycles. The van der Waals surface area contributed by atoms with Crippen molar-refractivity contribution in [3.05, 3.63) is 24.4 Å². The lowest BCUT2D eigenvalue weighted by Crippen LogP contribution is -2.47. The second-order valence-electron chi connectivity index (χ2n) is 7.74. The minimum Gasteiger partial charge on any atom is -0.326 e. The number of rotatable bonds is 7. The predicted octanol–water partition coefficient (Wildman–Crippen LogP) is 1.32. The average molecular weight is 382 g/mol. The fourth-order valence-electron chi connectivity index (χ4n) is 3.13. The van der Waals surface area contributed by atoms with Crippen molar-refractivity contribution in [2.45, 2.75) is 58.2 Å². The van der Waals surface area contributed by atoms with Crippen LogP contribution in [-0.4, -0.2) is 60.2 Å². The van der Waals surface area contributed by atoms with Gasteiger partial charge in [0.15, 0.2) is 0 Å². The number of likely N-dealkylation sites (tertiary alicyclic amines) is 1. The van der Waals surface area contributed by atoms with Crippen molar-refractivity contribution in [2.75, 3.05) is 13.1 Å². The van der Waals surface area contributed by atoms with Crippen LogP contribution < -0.4 is 5.32 Å². The summed E-state index contributed by atoms with van der Waals surface area (Å²) in [7, 11) is 0. The molecule has 0 aliphatic carbocycles. The van der Waals surface area contributed by atoms with E-state index in [1.165, 1.54) is 0 Å². The Bertz CT molecular complexity index is 852. The SMILES string of the molecule is Cc1cnc(-c2ncn(CCC(C)(C)NCC(=O)N3CCC[C@H]3C#N)n2)cn1. The molecule has 0 unspecified atom stereocenters. The van der Waals surface area contributed by atoms with Gasteiger partial charge in [-0.15, -0.1) is 5.10 Å². The second kappa shape index (κ2) is 8.44. The van der Waals surface area contributed by atoms with E-state index >= 15 is 0 Å². The molecule has 3 heterocycles. The summed E-state index contributed by atoms with van der Waals surface area (Å²) in [4.78, 5) is 26.9. The first-order valence-electron chi connectivity index (χ1n) is 9.50. The summed E-state index contributed by atoms with van der Waals surface area (Å²) in [6.07, 6.45) is 7.47. The summed E-state index contributed by atoms with van der Waals surface area (Å²) in [6, 6.07) is 1.93. The van der Waals surface area contributed by atoms with E-state index in [1.807, 2.05) is 6.92 Å². The van der Waals surface area contributed by atoms with Gasteiger partial charge in [-0.1, -0.05) is 0 Å². The summed E-state index contributed by atoms with van der Waals surface area (Å²) in [5.41, 5.74) is 1.23. The third-order valence-corrected chi connectivity index (χ3v) is 4.95. The molecule has 1 N–H and O–H groups in total. The largest absolute Gasteiger partial charge is 0.326 e. The Hall–Kier alpha value is -2.86. The van der Waals surface area contributed by atoms with Crippen LogP contribution >= 0.6 is 0 Å². The number of carbonyl (C=O) groups is 1. The predicted molar refractivity (Wildman–Crippen MR) is 103 cm³/mol. The number of hydrogen-bond acceptors (Lipinski definition) is 7. The van der Waals surface area contributed by atoms with E-state index in [4.69, 9.17) is 5.26 Å². The van der Waals surface area contributed by atoms with Gasteiger partial charge < -0.3 is 10.2 Å². The smallest absolute Gasteiger partial charge is 0.237 e. The first-order valence-corrected chi connectivity index (χ1v) is 9.50. The second-order valence-corrected chi connectivity index (χ2v) is 7.74. The first kappa shape index (κ1) is 19.9. The van der Waals surface area contributed by atoms with Crippen LogP contribution in [0.25, 0.3) is 11.5 Å². The van der Waals surface area contributed by atoms with Gasteiger partial charge in [-0.2, -0.15) is 5.26 Å². The van der Waals surface area contributed by atoms with E-state index in [-0.39, 0.29) is 24.0 Å². The molecule has 0 spiro atoms. The standard InChI is InChI=1S/C19H26N8O/c1-14-10-22-16(11-21-14)18-23-13-26(25-18)8-6-19(2,3)24-12-17(28)27-7-4-5-15(27)9-20/h10-11,13,15,24H,4-8,12H2,1-3H3/t15-/m0/s1. The van der Waals surface area contributed by atoms with Crippen molar-refractivity contribution in [2.24, 2.45) is 0 Å². The van der Waals surface area contributed by atoms with Gasteiger partial charge in [-0.25, -0.2) is 9.97 Å². The van der Waals surface area contributed by atoms with E-state index in [2.05, 4.69) is 45.3 Å². The quantitative estimate of drug-likeness (QED) is 0.768. The maximum Gasteiger partial charge on any atom is 0.237 e. The van der Waals surface area contributed by atoms with Gasteiger partial charge in [-0.05, 0) is 40.0 Å². The van der Waals surface area contributed by atoms with Gasteiger partial charge in [0.2, 0.25) is 11.7 Å².